The summed E-state index contributed by atoms with van der Waals surface area (Å²) in [6.07, 6.45) is 4.26. The smallest absolute Gasteiger partial charge is 0.280 e. The van der Waals surface area contributed by atoms with Gasteiger partial charge in [-0.05, 0) is 67.5 Å². The van der Waals surface area contributed by atoms with Gasteiger partial charge in [-0.25, -0.2) is 0 Å². The molecule has 0 amide bonds. The van der Waals surface area contributed by atoms with Crippen LogP contribution in [0.2, 0.25) is 0 Å². The van der Waals surface area contributed by atoms with Crippen LogP contribution in [0.5, 0.6) is 0 Å². The van der Waals surface area contributed by atoms with Gasteiger partial charge in [-0.1, -0.05) is 12.1 Å². The third-order valence-electron chi connectivity index (χ3n) is 5.37. The number of nitrogens with zero attached hydrogens (tertiary/aromatic N) is 2. The van der Waals surface area contributed by atoms with Gasteiger partial charge in [-0.3, -0.25) is 14.9 Å². The minimum Gasteiger partial charge on any atom is -0.456 e. The zero-order valence-corrected chi connectivity index (χ0v) is 16.8. The number of allylic oxidation sites excluding steroid dienone is 1. The third-order valence-corrected chi connectivity index (χ3v) is 5.37. The maximum atomic E-state index is 12.5. The van der Waals surface area contributed by atoms with Gasteiger partial charge in [0.1, 0.15) is 11.5 Å². The molecule has 0 aliphatic carbocycles. The normalized spacial score (nSPS) is 14.8. The molecule has 7 nitrogen and oxygen atoms in total. The van der Waals surface area contributed by atoms with Crippen molar-refractivity contribution in [3.63, 3.8) is 0 Å². The van der Waals surface area contributed by atoms with E-state index in [1.807, 2.05) is 12.1 Å². The van der Waals surface area contributed by atoms with Gasteiger partial charge in [0.2, 0.25) is 0 Å². The van der Waals surface area contributed by atoms with Gasteiger partial charge in [0.05, 0.1) is 16.6 Å². The molecule has 0 unspecified atom stereocenters. The second-order valence-corrected chi connectivity index (χ2v) is 7.44. The number of hydrogen-bond acceptors (Lipinski definition) is 6. The summed E-state index contributed by atoms with van der Waals surface area (Å²) in [5, 5.41) is 20.8. The number of carbonyl (C=O) groups excluding carboxylic acids is 1. The first-order chi connectivity index (χ1) is 15.0. The summed E-state index contributed by atoms with van der Waals surface area (Å²) in [7, 11) is 0. The van der Waals surface area contributed by atoms with Gasteiger partial charge in [-0.15, -0.1) is 0 Å². The van der Waals surface area contributed by atoms with E-state index in [1.54, 1.807) is 48.5 Å². The molecule has 31 heavy (non-hydrogen) atoms. The predicted molar refractivity (Wildman–Crippen MR) is 118 cm³/mol. The first-order valence-electron chi connectivity index (χ1n) is 10.1. The van der Waals surface area contributed by atoms with Crippen LogP contribution in [0, 0.1) is 10.1 Å². The Labute approximate surface area is 179 Å². The molecule has 3 aromatic rings. The number of aliphatic hydroxyl groups is 1. The number of furan rings is 1. The minimum absolute atomic E-state index is 0.0354. The Kier molecular flexibility index (Phi) is 5.95. The van der Waals surface area contributed by atoms with Crippen molar-refractivity contribution in [1.29, 1.82) is 0 Å². The quantitative estimate of drug-likeness (QED) is 0.269. The molecule has 0 atom stereocenters. The number of aliphatic hydroxyl groups excluding tert-OH is 1. The van der Waals surface area contributed by atoms with E-state index in [2.05, 4.69) is 4.90 Å². The van der Waals surface area contributed by atoms with E-state index in [-0.39, 0.29) is 17.6 Å². The van der Waals surface area contributed by atoms with Crippen molar-refractivity contribution in [3.05, 3.63) is 88.2 Å². The van der Waals surface area contributed by atoms with Gasteiger partial charge in [-0.2, -0.15) is 0 Å². The molecule has 158 valence electrons. The highest BCUT2D eigenvalue weighted by atomic mass is 16.6. The van der Waals surface area contributed by atoms with Gasteiger partial charge in [0.15, 0.2) is 5.78 Å². The Morgan fingerprint density at radius 3 is 2.48 bits per heavy atom. The maximum absolute atomic E-state index is 12.5. The number of rotatable bonds is 6. The van der Waals surface area contributed by atoms with Crippen LogP contribution in [0.4, 0.5) is 11.4 Å². The summed E-state index contributed by atoms with van der Waals surface area (Å²) in [6, 6.07) is 17.1. The predicted octanol–water partition coefficient (Wildman–Crippen LogP) is 4.71. The number of anilines is 1. The van der Waals surface area contributed by atoms with E-state index in [1.165, 1.54) is 12.1 Å². The van der Waals surface area contributed by atoms with E-state index in [4.69, 9.17) is 4.42 Å². The molecule has 1 N–H and O–H groups in total. The van der Waals surface area contributed by atoms with Crippen LogP contribution in [-0.4, -0.2) is 35.0 Å². The van der Waals surface area contributed by atoms with Crippen LogP contribution in [0.25, 0.3) is 17.4 Å². The van der Waals surface area contributed by atoms with Crippen LogP contribution in [0.15, 0.2) is 71.2 Å². The molecule has 4 rings (SSSR count). The second-order valence-electron chi connectivity index (χ2n) is 7.44. The van der Waals surface area contributed by atoms with E-state index in [0.29, 0.717) is 22.6 Å². The summed E-state index contributed by atoms with van der Waals surface area (Å²) in [5.74, 6) is 0.643. The number of hydrogen-bond donors (Lipinski definition) is 1. The summed E-state index contributed by atoms with van der Waals surface area (Å²) < 4.78 is 5.68. The molecule has 1 aliphatic heterocycles. The minimum atomic E-state index is -0.452. The molecule has 1 aliphatic rings. The second kappa shape index (κ2) is 8.97. The number of carbonyl (C=O) groups is 1. The number of nitro benzene ring substituents is 1. The fourth-order valence-corrected chi connectivity index (χ4v) is 3.64. The maximum Gasteiger partial charge on any atom is 0.280 e. The van der Waals surface area contributed by atoms with Crippen LogP contribution in [-0.2, 0) is 0 Å². The van der Waals surface area contributed by atoms with Gasteiger partial charge in [0.25, 0.3) is 5.69 Å². The zero-order chi connectivity index (χ0) is 21.8. The lowest BCUT2D eigenvalue weighted by atomic mass is 10.1. The highest BCUT2D eigenvalue weighted by Crippen LogP contribution is 2.31. The van der Waals surface area contributed by atoms with E-state index in [0.717, 1.165) is 31.6 Å². The molecule has 0 spiro atoms. The molecule has 0 bridgehead atoms. The number of nitro groups is 1. The van der Waals surface area contributed by atoms with E-state index in [9.17, 15) is 20.0 Å². The summed E-state index contributed by atoms with van der Waals surface area (Å²) in [4.78, 5) is 25.5. The van der Waals surface area contributed by atoms with Crippen molar-refractivity contribution in [2.24, 2.45) is 0 Å². The summed E-state index contributed by atoms with van der Waals surface area (Å²) in [6.45, 7) is 1.60. The molecule has 1 aromatic heterocycles. The van der Waals surface area contributed by atoms with Gasteiger partial charge >= 0.3 is 0 Å². The highest BCUT2D eigenvalue weighted by molar-refractivity contribution is 6.06. The van der Waals surface area contributed by atoms with Crippen molar-refractivity contribution >= 4 is 23.2 Å². The Morgan fingerprint density at radius 1 is 1.06 bits per heavy atom. The van der Waals surface area contributed by atoms with Crippen molar-refractivity contribution in [2.75, 3.05) is 18.0 Å². The van der Waals surface area contributed by atoms with Crippen molar-refractivity contribution < 1.29 is 19.2 Å². The molecule has 1 saturated heterocycles. The van der Waals surface area contributed by atoms with Gasteiger partial charge in [0, 0.05) is 30.4 Å². The molecule has 7 heteroatoms. The lowest BCUT2D eigenvalue weighted by molar-refractivity contribution is -0.384. The SMILES string of the molecule is O=C(/C=C/c1ccc(-c2ccccc2[N+](=O)[O-])o1)c1ccc(N2CCC(O)CC2)cc1. The molecule has 2 aromatic carbocycles. The first kappa shape index (κ1) is 20.6. The largest absolute Gasteiger partial charge is 0.456 e. The zero-order valence-electron chi connectivity index (χ0n) is 16.8. The molecular formula is C24H22N2O5. The van der Waals surface area contributed by atoms with E-state index >= 15 is 0 Å². The average molecular weight is 418 g/mol. The molecule has 2 heterocycles. The fraction of sp³-hybridized carbons (Fsp3) is 0.208. The Hall–Kier alpha value is -3.71. The lowest BCUT2D eigenvalue weighted by Gasteiger charge is -2.31. The fourth-order valence-electron chi connectivity index (χ4n) is 3.64. The molecular weight excluding hydrogens is 396 g/mol. The van der Waals surface area contributed by atoms with Crippen LogP contribution >= 0.6 is 0 Å². The van der Waals surface area contributed by atoms with Crippen LogP contribution < -0.4 is 4.90 Å². The monoisotopic (exact) mass is 418 g/mol. The third kappa shape index (κ3) is 4.73. The Morgan fingerprint density at radius 2 is 1.77 bits per heavy atom. The molecule has 0 saturated carbocycles. The van der Waals surface area contributed by atoms with Crippen LogP contribution in [0.3, 0.4) is 0 Å². The van der Waals surface area contributed by atoms with Crippen LogP contribution in [0.1, 0.15) is 29.0 Å². The van der Waals surface area contributed by atoms with Gasteiger partial charge < -0.3 is 14.4 Å². The number of ketones is 1. The molecule has 1 fully saturated rings. The Balaban J connectivity index is 1.44. The highest BCUT2D eigenvalue weighted by Gasteiger charge is 2.18. The Bertz CT molecular complexity index is 1110. The standard InChI is InChI=1S/C24H22N2O5/c27-19-13-15-25(16-14-19)18-7-5-17(6-8-18)23(28)11-9-20-10-12-24(31-20)21-3-1-2-4-22(21)26(29)30/h1-12,19,27H,13-16H2/b11-9+. The number of para-hydroxylation sites is 1. The topological polar surface area (TPSA) is 96.8 Å². The average Bonchev–Trinajstić information content (AvgIpc) is 3.27. The number of piperidine rings is 1. The first-order valence-corrected chi connectivity index (χ1v) is 10.1. The summed E-state index contributed by atoms with van der Waals surface area (Å²) >= 11 is 0. The van der Waals surface area contributed by atoms with E-state index < -0.39 is 4.92 Å². The summed E-state index contributed by atoms with van der Waals surface area (Å²) in [5.41, 5.74) is 1.95. The van der Waals surface area contributed by atoms with Crippen molar-refractivity contribution in [3.8, 4) is 11.3 Å². The lowest BCUT2D eigenvalue weighted by Crippen LogP contribution is -2.35. The molecule has 0 radical (unpaired) electrons. The van der Waals surface area contributed by atoms with Crippen molar-refractivity contribution in [2.45, 2.75) is 18.9 Å². The number of benzene rings is 2. The van der Waals surface area contributed by atoms with Crippen molar-refractivity contribution in [1.82, 2.24) is 0 Å².